The molecule has 1 heterocycles. The number of piperidine rings is 1. The highest BCUT2D eigenvalue weighted by molar-refractivity contribution is 7.88. The lowest BCUT2D eigenvalue weighted by Gasteiger charge is -2.38. The molecule has 2 aliphatic carbocycles. The van der Waals surface area contributed by atoms with Crippen molar-refractivity contribution in [2.45, 2.75) is 98.3 Å². The van der Waals surface area contributed by atoms with E-state index >= 15 is 0 Å². The molecule has 5 amide bonds. The fourth-order valence-corrected chi connectivity index (χ4v) is 6.87. The molecule has 0 aromatic heterocycles. The molecule has 0 aromatic carbocycles. The monoisotopic (exact) mass is 626 g/mol. The summed E-state index contributed by atoms with van der Waals surface area (Å²) in [6.07, 6.45) is 4.20. The second-order valence-electron chi connectivity index (χ2n) is 14.6. The predicted molar refractivity (Wildman–Crippen MR) is 161 cm³/mol. The molecule has 6 N–H and O–H groups in total. The molecule has 1 saturated heterocycles. The number of hydrogen-bond acceptors (Lipinski definition) is 7. The lowest BCUT2D eigenvalue weighted by Crippen LogP contribution is -2.62. The summed E-state index contributed by atoms with van der Waals surface area (Å²) in [7, 11) is -3.48. The maximum Gasteiger partial charge on any atom is 0.315 e. The van der Waals surface area contributed by atoms with Crippen molar-refractivity contribution in [3.8, 4) is 0 Å². The molecule has 14 heteroatoms. The maximum atomic E-state index is 14.1. The van der Waals surface area contributed by atoms with Crippen molar-refractivity contribution in [3.63, 3.8) is 0 Å². The van der Waals surface area contributed by atoms with E-state index in [-0.39, 0.29) is 35.6 Å². The zero-order valence-corrected chi connectivity index (χ0v) is 27.5. The largest absolute Gasteiger partial charge is 0.363 e. The van der Waals surface area contributed by atoms with Crippen LogP contribution in [0.4, 0.5) is 4.79 Å². The number of hydrogen-bond donors (Lipinski definition) is 5. The number of nitrogens with zero attached hydrogens (tertiary/aromatic N) is 1. The van der Waals surface area contributed by atoms with E-state index in [4.69, 9.17) is 5.73 Å². The zero-order chi connectivity index (χ0) is 32.7. The van der Waals surface area contributed by atoms with Crippen molar-refractivity contribution in [1.29, 1.82) is 0 Å². The van der Waals surface area contributed by atoms with Gasteiger partial charge in [0.1, 0.15) is 12.1 Å². The topological polar surface area (TPSA) is 197 Å². The summed E-state index contributed by atoms with van der Waals surface area (Å²) < 4.78 is 25.6. The van der Waals surface area contributed by atoms with Gasteiger partial charge in [0.05, 0.1) is 12.3 Å². The SMILES string of the molecule is CC(C)[C@@H](CNS(C)(=O)=O)NC(=O)N[C@H](C(=O)N1C[C@H]2C([C@H]1C(=O)NC(CC1CCC1)C(=O)C(N)=O)C2(C)C)C(C)(C)C. The van der Waals surface area contributed by atoms with Crippen LogP contribution in [-0.2, 0) is 29.2 Å². The number of amides is 5. The molecule has 0 spiro atoms. The van der Waals surface area contributed by atoms with Crippen molar-refractivity contribution < 1.29 is 32.4 Å². The number of carbonyl (C=O) groups excluding carboxylic acids is 5. The average molecular weight is 627 g/mol. The van der Waals surface area contributed by atoms with Gasteiger partial charge in [-0.25, -0.2) is 17.9 Å². The van der Waals surface area contributed by atoms with Crippen molar-refractivity contribution in [2.24, 2.45) is 40.2 Å². The molecule has 244 valence electrons. The summed E-state index contributed by atoms with van der Waals surface area (Å²) in [4.78, 5) is 67.0. The summed E-state index contributed by atoms with van der Waals surface area (Å²) in [5.74, 6) is -2.87. The average Bonchev–Trinajstić information content (AvgIpc) is 3.17. The van der Waals surface area contributed by atoms with Gasteiger partial charge in [-0.05, 0) is 40.9 Å². The fraction of sp³-hybridized carbons (Fsp3) is 0.828. The van der Waals surface area contributed by atoms with Gasteiger partial charge >= 0.3 is 6.03 Å². The Balaban J connectivity index is 1.80. The second kappa shape index (κ2) is 12.7. The van der Waals surface area contributed by atoms with E-state index < -0.39 is 69.1 Å². The van der Waals surface area contributed by atoms with E-state index in [1.54, 1.807) is 20.8 Å². The Kier molecular flexibility index (Phi) is 10.3. The molecule has 13 nitrogen and oxygen atoms in total. The summed E-state index contributed by atoms with van der Waals surface area (Å²) in [5, 5.41) is 8.31. The summed E-state index contributed by atoms with van der Waals surface area (Å²) in [5.41, 5.74) is 4.35. The number of rotatable bonds is 13. The van der Waals surface area contributed by atoms with Crippen LogP contribution in [0.2, 0.25) is 0 Å². The lowest BCUT2D eigenvalue weighted by atomic mass is 9.80. The number of nitrogens with two attached hydrogens (primary N) is 1. The number of carbonyl (C=O) groups is 5. The maximum absolute atomic E-state index is 14.1. The van der Waals surface area contributed by atoms with E-state index in [0.717, 1.165) is 25.5 Å². The van der Waals surface area contributed by atoms with Crippen LogP contribution < -0.4 is 26.4 Å². The first-order valence-electron chi connectivity index (χ1n) is 15.1. The Bertz CT molecular complexity index is 1220. The quantitative estimate of drug-likeness (QED) is 0.183. The van der Waals surface area contributed by atoms with Crippen LogP contribution in [-0.4, -0.2) is 86.4 Å². The Morgan fingerprint density at radius 2 is 1.63 bits per heavy atom. The number of likely N-dealkylation sites (tertiary alicyclic amines) is 1. The molecule has 3 fully saturated rings. The van der Waals surface area contributed by atoms with E-state index in [1.165, 1.54) is 4.90 Å². The van der Waals surface area contributed by atoms with E-state index in [2.05, 4.69) is 20.7 Å². The van der Waals surface area contributed by atoms with Crippen molar-refractivity contribution >= 4 is 39.6 Å². The highest BCUT2D eigenvalue weighted by atomic mass is 32.2. The van der Waals surface area contributed by atoms with Crippen LogP contribution in [0, 0.1) is 34.5 Å². The molecule has 0 aromatic rings. The fourth-order valence-electron chi connectivity index (χ4n) is 6.39. The van der Waals surface area contributed by atoms with E-state index in [1.807, 2.05) is 27.7 Å². The minimum absolute atomic E-state index is 0.0170. The minimum atomic E-state index is -3.48. The van der Waals surface area contributed by atoms with Crippen LogP contribution in [0.25, 0.3) is 0 Å². The van der Waals surface area contributed by atoms with Gasteiger partial charge in [-0.3, -0.25) is 19.2 Å². The highest BCUT2D eigenvalue weighted by Crippen LogP contribution is 2.65. The van der Waals surface area contributed by atoms with Gasteiger partial charge < -0.3 is 26.6 Å². The van der Waals surface area contributed by atoms with Crippen LogP contribution in [0.3, 0.4) is 0 Å². The Morgan fingerprint density at radius 3 is 2.09 bits per heavy atom. The molecule has 2 unspecified atom stereocenters. The van der Waals surface area contributed by atoms with Gasteiger partial charge in [0.15, 0.2) is 0 Å². The van der Waals surface area contributed by atoms with Crippen LogP contribution in [0.1, 0.15) is 74.1 Å². The van der Waals surface area contributed by atoms with Gasteiger partial charge in [0.25, 0.3) is 5.91 Å². The minimum Gasteiger partial charge on any atom is -0.363 e. The number of fused-ring (bicyclic) bond motifs is 1. The standard InChI is InChI=1S/C29H50N6O7S/c1-15(2)19(13-31-43(8,41)42)33-27(40)34-23(28(3,4)5)26(39)35-14-17-20(29(17,6)7)21(35)25(38)32-18(22(36)24(30)37)12-16-10-9-11-16/h15-21,23,31H,9-14H2,1-8H3,(H2,30,37)(H,32,38)(H2,33,34,40)/t17-,18?,19+,20?,21-,23+/m0/s1. The molecule has 3 aliphatic rings. The number of nitrogens with one attached hydrogen (secondary N) is 4. The van der Waals surface area contributed by atoms with Crippen molar-refractivity contribution in [3.05, 3.63) is 0 Å². The van der Waals surface area contributed by atoms with E-state index in [9.17, 15) is 32.4 Å². The smallest absolute Gasteiger partial charge is 0.315 e. The molecular formula is C29H50N6O7S. The molecule has 43 heavy (non-hydrogen) atoms. The lowest BCUT2D eigenvalue weighted by molar-refractivity contribution is -0.145. The third-order valence-corrected chi connectivity index (χ3v) is 10.2. The Labute approximate surface area is 255 Å². The molecule has 0 radical (unpaired) electrons. The van der Waals surface area contributed by atoms with Crippen molar-refractivity contribution in [1.82, 2.24) is 25.6 Å². The normalized spacial score (nSPS) is 25.1. The zero-order valence-electron chi connectivity index (χ0n) is 26.7. The molecule has 0 bridgehead atoms. The third-order valence-electron chi connectivity index (χ3n) is 9.50. The van der Waals surface area contributed by atoms with Gasteiger partial charge in [-0.2, -0.15) is 0 Å². The molecule has 3 rings (SSSR count). The molecule has 1 aliphatic heterocycles. The second-order valence-corrected chi connectivity index (χ2v) is 16.4. The Hall–Kier alpha value is -2.74. The first kappa shape index (κ1) is 34.7. The summed E-state index contributed by atoms with van der Waals surface area (Å²) in [6.45, 7) is 13.5. The predicted octanol–water partition coefficient (Wildman–Crippen LogP) is 0.487. The molecule has 6 atom stereocenters. The summed E-state index contributed by atoms with van der Waals surface area (Å²) in [6, 6.07) is -4.13. The van der Waals surface area contributed by atoms with Gasteiger partial charge in [0.2, 0.25) is 27.6 Å². The Morgan fingerprint density at radius 1 is 1.02 bits per heavy atom. The highest BCUT2D eigenvalue weighted by Gasteiger charge is 2.70. The first-order chi connectivity index (χ1) is 19.6. The first-order valence-corrected chi connectivity index (χ1v) is 17.0. The van der Waals surface area contributed by atoms with Crippen LogP contribution in [0.15, 0.2) is 0 Å². The van der Waals surface area contributed by atoms with E-state index in [0.29, 0.717) is 13.0 Å². The van der Waals surface area contributed by atoms with Gasteiger partial charge in [0, 0.05) is 19.1 Å². The van der Waals surface area contributed by atoms with Crippen LogP contribution >= 0.6 is 0 Å². The number of ketones is 1. The third kappa shape index (κ3) is 8.25. The number of Topliss-reactive ketones (excluding diaryl/α,β-unsaturated/α-hetero) is 1. The van der Waals surface area contributed by atoms with Crippen molar-refractivity contribution in [2.75, 3.05) is 19.3 Å². The number of sulfonamides is 1. The van der Waals surface area contributed by atoms with Gasteiger partial charge in [-0.1, -0.05) is 67.7 Å². The van der Waals surface area contributed by atoms with Crippen LogP contribution in [0.5, 0.6) is 0 Å². The van der Waals surface area contributed by atoms with Gasteiger partial charge in [-0.15, -0.1) is 0 Å². The molecule has 2 saturated carbocycles. The number of primary amides is 1. The molecular weight excluding hydrogens is 576 g/mol. The number of urea groups is 1. The summed E-state index contributed by atoms with van der Waals surface area (Å²) >= 11 is 0.